The Balaban J connectivity index is 2.00. The first-order chi connectivity index (χ1) is 9.22. The molecule has 4 heteroatoms. The van der Waals surface area contributed by atoms with Crippen LogP contribution >= 0.6 is 11.3 Å². The molecule has 0 amide bonds. The largest absolute Gasteiger partial charge is 0.381 e. The summed E-state index contributed by atoms with van der Waals surface area (Å²) in [6, 6.07) is 4.87. The number of hydrogen-bond donors (Lipinski definition) is 1. The summed E-state index contributed by atoms with van der Waals surface area (Å²) in [4.78, 5) is 3.81. The zero-order valence-electron chi connectivity index (χ0n) is 12.0. The van der Waals surface area contributed by atoms with Gasteiger partial charge in [-0.15, -0.1) is 11.3 Å². The van der Waals surface area contributed by atoms with Crippen LogP contribution in [0.4, 0.5) is 0 Å². The van der Waals surface area contributed by atoms with Gasteiger partial charge in [0.25, 0.3) is 0 Å². The number of thiophene rings is 1. The Hall–Kier alpha value is -0.420. The fourth-order valence-electron chi connectivity index (χ4n) is 2.91. The van der Waals surface area contributed by atoms with Crippen LogP contribution in [0.3, 0.4) is 0 Å². The number of ether oxygens (including phenoxy) is 1. The van der Waals surface area contributed by atoms with Crippen LogP contribution in [0.1, 0.15) is 37.1 Å². The van der Waals surface area contributed by atoms with E-state index < -0.39 is 0 Å². The maximum atomic E-state index is 6.35. The average molecular weight is 282 g/mol. The molecule has 1 aromatic heterocycles. The Kier molecular flexibility index (Phi) is 5.82. The number of likely N-dealkylation sites (N-methyl/N-ethyl adjacent to an activating group) is 1. The molecule has 0 aliphatic carbocycles. The van der Waals surface area contributed by atoms with E-state index in [0.29, 0.717) is 12.0 Å². The Morgan fingerprint density at radius 2 is 2.42 bits per heavy atom. The SMILES string of the molecule is CCC(N)C(c1cccs1)N(C)CC1CCCOC1. The van der Waals surface area contributed by atoms with Crippen LogP contribution in [-0.2, 0) is 4.74 Å². The van der Waals surface area contributed by atoms with Crippen molar-refractivity contribution in [1.82, 2.24) is 4.90 Å². The number of nitrogens with zero attached hydrogens (tertiary/aromatic N) is 1. The molecule has 2 rings (SSSR count). The third-order valence-electron chi connectivity index (χ3n) is 3.99. The summed E-state index contributed by atoms with van der Waals surface area (Å²) >= 11 is 1.81. The Morgan fingerprint density at radius 1 is 1.58 bits per heavy atom. The highest BCUT2D eigenvalue weighted by molar-refractivity contribution is 7.10. The lowest BCUT2D eigenvalue weighted by Gasteiger charge is -2.35. The van der Waals surface area contributed by atoms with Crippen LogP contribution in [-0.4, -0.2) is 37.7 Å². The smallest absolute Gasteiger partial charge is 0.0591 e. The van der Waals surface area contributed by atoms with E-state index >= 15 is 0 Å². The van der Waals surface area contributed by atoms with Gasteiger partial charge in [-0.2, -0.15) is 0 Å². The summed E-state index contributed by atoms with van der Waals surface area (Å²) in [7, 11) is 2.20. The molecule has 19 heavy (non-hydrogen) atoms. The third kappa shape index (κ3) is 4.02. The second-order valence-corrected chi connectivity index (χ2v) is 6.53. The van der Waals surface area contributed by atoms with Crippen molar-refractivity contribution in [3.63, 3.8) is 0 Å². The topological polar surface area (TPSA) is 38.5 Å². The number of nitrogens with two attached hydrogens (primary N) is 1. The van der Waals surface area contributed by atoms with Gasteiger partial charge in [0.15, 0.2) is 0 Å². The van der Waals surface area contributed by atoms with Gasteiger partial charge in [0.1, 0.15) is 0 Å². The first-order valence-electron chi connectivity index (χ1n) is 7.29. The zero-order chi connectivity index (χ0) is 13.7. The molecule has 1 saturated heterocycles. The molecule has 2 heterocycles. The van der Waals surface area contributed by atoms with Gasteiger partial charge in [0, 0.05) is 24.1 Å². The van der Waals surface area contributed by atoms with Gasteiger partial charge < -0.3 is 10.5 Å². The van der Waals surface area contributed by atoms with E-state index in [0.717, 1.165) is 26.2 Å². The Labute approximate surface area is 120 Å². The van der Waals surface area contributed by atoms with Crippen LogP contribution in [0.15, 0.2) is 17.5 Å². The summed E-state index contributed by atoms with van der Waals surface area (Å²) in [5.41, 5.74) is 6.35. The highest BCUT2D eigenvalue weighted by atomic mass is 32.1. The van der Waals surface area contributed by atoms with E-state index in [-0.39, 0.29) is 6.04 Å². The fraction of sp³-hybridized carbons (Fsp3) is 0.733. The van der Waals surface area contributed by atoms with Crippen molar-refractivity contribution in [1.29, 1.82) is 0 Å². The molecule has 2 N–H and O–H groups in total. The molecule has 0 saturated carbocycles. The van der Waals surface area contributed by atoms with Crippen LogP contribution < -0.4 is 5.73 Å². The molecule has 1 aliphatic heterocycles. The van der Waals surface area contributed by atoms with Crippen molar-refractivity contribution < 1.29 is 4.74 Å². The normalized spacial score (nSPS) is 23.5. The predicted molar refractivity (Wildman–Crippen MR) is 81.5 cm³/mol. The van der Waals surface area contributed by atoms with E-state index in [1.807, 2.05) is 11.3 Å². The molecule has 1 aliphatic rings. The van der Waals surface area contributed by atoms with Crippen molar-refractivity contribution in [2.45, 2.75) is 38.3 Å². The lowest BCUT2D eigenvalue weighted by Crippen LogP contribution is -2.41. The van der Waals surface area contributed by atoms with E-state index in [2.05, 4.69) is 36.4 Å². The van der Waals surface area contributed by atoms with Crippen LogP contribution in [0.2, 0.25) is 0 Å². The van der Waals surface area contributed by atoms with E-state index in [1.54, 1.807) is 0 Å². The summed E-state index contributed by atoms with van der Waals surface area (Å²) < 4.78 is 5.58. The van der Waals surface area contributed by atoms with Crippen molar-refractivity contribution >= 4 is 11.3 Å². The molecule has 0 spiro atoms. The number of rotatable bonds is 6. The number of hydrogen-bond acceptors (Lipinski definition) is 4. The molecule has 0 radical (unpaired) electrons. The molecule has 0 aromatic carbocycles. The van der Waals surface area contributed by atoms with Crippen molar-refractivity contribution in [2.24, 2.45) is 11.7 Å². The molecule has 1 aromatic rings. The summed E-state index contributed by atoms with van der Waals surface area (Å²) in [6.07, 6.45) is 3.49. The second kappa shape index (κ2) is 7.39. The molecule has 3 unspecified atom stereocenters. The quantitative estimate of drug-likeness (QED) is 0.872. The molecular weight excluding hydrogens is 256 g/mol. The molecule has 108 valence electrons. The van der Waals surface area contributed by atoms with Gasteiger partial charge in [-0.25, -0.2) is 0 Å². The van der Waals surface area contributed by atoms with Crippen molar-refractivity contribution in [3.05, 3.63) is 22.4 Å². The minimum atomic E-state index is 0.202. The van der Waals surface area contributed by atoms with Gasteiger partial charge >= 0.3 is 0 Å². The monoisotopic (exact) mass is 282 g/mol. The summed E-state index contributed by atoms with van der Waals surface area (Å²) in [5.74, 6) is 0.658. The van der Waals surface area contributed by atoms with Gasteiger partial charge in [-0.3, -0.25) is 4.90 Å². The zero-order valence-corrected chi connectivity index (χ0v) is 12.9. The van der Waals surface area contributed by atoms with Crippen LogP contribution in [0.5, 0.6) is 0 Å². The van der Waals surface area contributed by atoms with E-state index in [1.165, 1.54) is 17.7 Å². The molecule has 3 nitrogen and oxygen atoms in total. The summed E-state index contributed by atoms with van der Waals surface area (Å²) in [6.45, 7) is 5.09. The first kappa shape index (κ1) is 15.0. The highest BCUT2D eigenvalue weighted by Crippen LogP contribution is 2.29. The molecule has 3 atom stereocenters. The van der Waals surface area contributed by atoms with Crippen LogP contribution in [0, 0.1) is 5.92 Å². The van der Waals surface area contributed by atoms with Gasteiger partial charge in [0.05, 0.1) is 12.6 Å². The minimum Gasteiger partial charge on any atom is -0.381 e. The predicted octanol–water partition coefficient (Wildman–Crippen LogP) is 2.88. The standard InChI is InChI=1S/C15H26N2OS/c1-3-13(16)15(14-7-5-9-19-14)17(2)10-12-6-4-8-18-11-12/h5,7,9,12-13,15H,3-4,6,8,10-11,16H2,1-2H3. The first-order valence-corrected chi connectivity index (χ1v) is 8.17. The van der Waals surface area contributed by atoms with Crippen LogP contribution in [0.25, 0.3) is 0 Å². The molecular formula is C15H26N2OS. The molecule has 1 fully saturated rings. The second-order valence-electron chi connectivity index (χ2n) is 5.56. The van der Waals surface area contributed by atoms with Gasteiger partial charge in [-0.05, 0) is 43.7 Å². The van der Waals surface area contributed by atoms with Crippen molar-refractivity contribution in [2.75, 3.05) is 26.8 Å². The lowest BCUT2D eigenvalue weighted by molar-refractivity contribution is 0.0341. The summed E-state index contributed by atoms with van der Waals surface area (Å²) in [5, 5.41) is 2.14. The molecule has 0 bridgehead atoms. The maximum absolute atomic E-state index is 6.35. The van der Waals surface area contributed by atoms with Gasteiger partial charge in [0.2, 0.25) is 0 Å². The minimum absolute atomic E-state index is 0.202. The van der Waals surface area contributed by atoms with E-state index in [4.69, 9.17) is 10.5 Å². The average Bonchev–Trinajstić information content (AvgIpc) is 2.93. The third-order valence-corrected chi connectivity index (χ3v) is 4.93. The van der Waals surface area contributed by atoms with Crippen molar-refractivity contribution in [3.8, 4) is 0 Å². The maximum Gasteiger partial charge on any atom is 0.0591 e. The Bertz CT molecular complexity index is 349. The fourth-order valence-corrected chi connectivity index (χ4v) is 3.88. The highest BCUT2D eigenvalue weighted by Gasteiger charge is 2.26. The van der Waals surface area contributed by atoms with E-state index in [9.17, 15) is 0 Å². The lowest BCUT2D eigenvalue weighted by atomic mass is 9.98. The van der Waals surface area contributed by atoms with Gasteiger partial charge in [-0.1, -0.05) is 13.0 Å². The Morgan fingerprint density at radius 3 is 3.00 bits per heavy atom.